The van der Waals surface area contributed by atoms with Crippen LogP contribution in [0, 0.1) is 0 Å². The van der Waals surface area contributed by atoms with Crippen LogP contribution in [0.25, 0.3) is 6.08 Å². The number of hydrogen-bond acceptors (Lipinski definition) is 7. The molecule has 0 unspecified atom stereocenters. The quantitative estimate of drug-likeness (QED) is 0.466. The van der Waals surface area contributed by atoms with E-state index >= 15 is 0 Å². The highest BCUT2D eigenvalue weighted by molar-refractivity contribution is 8.26. The van der Waals surface area contributed by atoms with Crippen molar-refractivity contribution >= 4 is 52.2 Å². The van der Waals surface area contributed by atoms with Gasteiger partial charge in [-0.15, -0.1) is 0 Å². The second-order valence-corrected chi connectivity index (χ2v) is 7.17. The summed E-state index contributed by atoms with van der Waals surface area (Å²) in [6.07, 6.45) is 1.96. The number of nitrogens with two attached hydrogens (primary N) is 1. The van der Waals surface area contributed by atoms with E-state index in [1.54, 1.807) is 24.3 Å². The van der Waals surface area contributed by atoms with Gasteiger partial charge in [-0.1, -0.05) is 30.0 Å². The van der Waals surface area contributed by atoms with Gasteiger partial charge in [-0.05, 0) is 30.2 Å². The Kier molecular flexibility index (Phi) is 7.19. The van der Waals surface area contributed by atoms with Gasteiger partial charge < -0.3 is 20.3 Å². The lowest BCUT2D eigenvalue weighted by molar-refractivity contribution is -0.137. The van der Waals surface area contributed by atoms with Crippen LogP contribution in [0.2, 0.25) is 0 Å². The second kappa shape index (κ2) is 9.38. The van der Waals surface area contributed by atoms with Crippen LogP contribution in [0.1, 0.15) is 18.4 Å². The van der Waals surface area contributed by atoms with Gasteiger partial charge in [0.25, 0.3) is 11.8 Å². The first-order valence-electron chi connectivity index (χ1n) is 7.88. The number of thiocarbonyl (C=S) groups is 1. The van der Waals surface area contributed by atoms with Crippen molar-refractivity contribution in [1.29, 1.82) is 0 Å². The van der Waals surface area contributed by atoms with Crippen molar-refractivity contribution in [3.8, 4) is 11.5 Å². The number of methoxy groups -OCH3 is 1. The minimum atomic E-state index is -0.915. The van der Waals surface area contributed by atoms with Gasteiger partial charge in [0.1, 0.15) is 4.32 Å². The third kappa shape index (κ3) is 5.69. The van der Waals surface area contributed by atoms with Crippen LogP contribution in [-0.4, -0.2) is 52.4 Å². The standard InChI is InChI=1S/C17H18N2O6S2/c1-24-12-7-10(4-5-11(12)25-9-14(18)20)8-13-16(23)19(17(26)27-13)6-2-3-15(21)22/h4-5,7-8H,2-3,6,9H2,1H3,(H2,18,20)(H,21,22)/b13-8-. The summed E-state index contributed by atoms with van der Waals surface area (Å²) >= 11 is 6.37. The van der Waals surface area contributed by atoms with Gasteiger partial charge in [-0.2, -0.15) is 0 Å². The molecule has 2 rings (SSSR count). The molecule has 0 saturated carbocycles. The minimum absolute atomic E-state index is 0.0277. The molecule has 0 bridgehead atoms. The first-order valence-corrected chi connectivity index (χ1v) is 9.10. The molecule has 1 fully saturated rings. The number of carbonyl (C=O) groups excluding carboxylic acids is 2. The SMILES string of the molecule is COc1cc(/C=C2\SC(=S)N(CCCC(=O)O)C2=O)ccc1OCC(N)=O. The summed E-state index contributed by atoms with van der Waals surface area (Å²) in [6.45, 7) is -0.0117. The van der Waals surface area contributed by atoms with E-state index in [4.69, 9.17) is 32.5 Å². The number of aliphatic carboxylic acids is 1. The van der Waals surface area contributed by atoms with Crippen LogP contribution in [0.5, 0.6) is 11.5 Å². The number of rotatable bonds is 9. The van der Waals surface area contributed by atoms with Crippen LogP contribution in [-0.2, 0) is 14.4 Å². The molecule has 0 radical (unpaired) electrons. The number of benzene rings is 1. The van der Waals surface area contributed by atoms with E-state index in [1.165, 1.54) is 12.0 Å². The van der Waals surface area contributed by atoms with Crippen LogP contribution in [0.15, 0.2) is 23.1 Å². The molecule has 1 aromatic carbocycles. The van der Waals surface area contributed by atoms with Crippen molar-refractivity contribution in [2.75, 3.05) is 20.3 Å². The normalized spacial score (nSPS) is 15.3. The Labute approximate surface area is 165 Å². The molecule has 1 aliphatic heterocycles. The molecule has 2 amide bonds. The van der Waals surface area contributed by atoms with Crippen molar-refractivity contribution in [2.45, 2.75) is 12.8 Å². The minimum Gasteiger partial charge on any atom is -0.493 e. The summed E-state index contributed by atoms with van der Waals surface area (Å²) in [5.41, 5.74) is 5.74. The lowest BCUT2D eigenvalue weighted by Crippen LogP contribution is -2.29. The molecule has 27 heavy (non-hydrogen) atoms. The topological polar surface area (TPSA) is 119 Å². The van der Waals surface area contributed by atoms with Crippen molar-refractivity contribution in [1.82, 2.24) is 4.90 Å². The van der Waals surface area contributed by atoms with E-state index in [1.807, 2.05) is 0 Å². The number of primary amides is 1. The molecule has 1 heterocycles. The van der Waals surface area contributed by atoms with Gasteiger partial charge >= 0.3 is 5.97 Å². The summed E-state index contributed by atoms with van der Waals surface area (Å²) in [5.74, 6) is -1.03. The van der Waals surface area contributed by atoms with Crippen LogP contribution < -0.4 is 15.2 Å². The fraction of sp³-hybridized carbons (Fsp3) is 0.294. The summed E-state index contributed by atoms with van der Waals surface area (Å²) in [6, 6.07) is 4.98. The lowest BCUT2D eigenvalue weighted by atomic mass is 10.2. The molecule has 0 spiro atoms. The zero-order valence-corrected chi connectivity index (χ0v) is 16.1. The molecule has 0 aromatic heterocycles. The van der Waals surface area contributed by atoms with Crippen LogP contribution >= 0.6 is 24.0 Å². The maximum Gasteiger partial charge on any atom is 0.303 e. The van der Waals surface area contributed by atoms with E-state index in [2.05, 4.69) is 0 Å². The Morgan fingerprint density at radius 2 is 2.11 bits per heavy atom. The van der Waals surface area contributed by atoms with E-state index in [0.29, 0.717) is 32.7 Å². The number of carboxylic acid groups (broad SMARTS) is 1. The third-order valence-corrected chi connectivity index (χ3v) is 4.88. The van der Waals surface area contributed by atoms with Gasteiger partial charge in [0.2, 0.25) is 0 Å². The molecule has 1 saturated heterocycles. The van der Waals surface area contributed by atoms with Crippen molar-refractivity contribution in [3.63, 3.8) is 0 Å². The Morgan fingerprint density at radius 3 is 2.74 bits per heavy atom. The fourth-order valence-corrected chi connectivity index (χ4v) is 3.58. The van der Waals surface area contributed by atoms with Gasteiger partial charge in [-0.25, -0.2) is 0 Å². The number of hydrogen-bond donors (Lipinski definition) is 2. The summed E-state index contributed by atoms with van der Waals surface area (Å²) in [5, 5.41) is 8.71. The van der Waals surface area contributed by atoms with Crippen LogP contribution in [0.3, 0.4) is 0 Å². The number of ether oxygens (including phenoxy) is 2. The number of carboxylic acids is 1. The highest BCUT2D eigenvalue weighted by Gasteiger charge is 2.31. The smallest absolute Gasteiger partial charge is 0.303 e. The Hall–Kier alpha value is -2.59. The predicted molar refractivity (Wildman–Crippen MR) is 104 cm³/mol. The molecule has 144 valence electrons. The molecule has 10 heteroatoms. The predicted octanol–water partition coefficient (Wildman–Crippen LogP) is 1.63. The average Bonchev–Trinajstić information content (AvgIpc) is 2.87. The average molecular weight is 410 g/mol. The van der Waals surface area contributed by atoms with Gasteiger partial charge in [0.15, 0.2) is 18.1 Å². The monoisotopic (exact) mass is 410 g/mol. The van der Waals surface area contributed by atoms with E-state index < -0.39 is 11.9 Å². The maximum atomic E-state index is 12.5. The van der Waals surface area contributed by atoms with E-state index in [9.17, 15) is 14.4 Å². The summed E-state index contributed by atoms with van der Waals surface area (Å²) in [7, 11) is 1.46. The number of carbonyl (C=O) groups is 3. The maximum absolute atomic E-state index is 12.5. The highest BCUT2D eigenvalue weighted by Crippen LogP contribution is 2.34. The fourth-order valence-electron chi connectivity index (χ4n) is 2.27. The van der Waals surface area contributed by atoms with Gasteiger partial charge in [0.05, 0.1) is 12.0 Å². The molecule has 0 atom stereocenters. The van der Waals surface area contributed by atoms with Gasteiger partial charge in [0, 0.05) is 13.0 Å². The van der Waals surface area contributed by atoms with Gasteiger partial charge in [-0.3, -0.25) is 19.3 Å². The molecule has 0 aliphatic carbocycles. The largest absolute Gasteiger partial charge is 0.493 e. The Bertz CT molecular complexity index is 809. The number of nitrogens with zero attached hydrogens (tertiary/aromatic N) is 1. The summed E-state index contributed by atoms with van der Waals surface area (Å²) in [4.78, 5) is 35.8. The Balaban J connectivity index is 2.13. The van der Waals surface area contributed by atoms with Crippen molar-refractivity contribution < 1.29 is 29.0 Å². The van der Waals surface area contributed by atoms with Crippen molar-refractivity contribution in [2.24, 2.45) is 5.73 Å². The molecule has 1 aliphatic rings. The number of amides is 2. The first-order chi connectivity index (χ1) is 12.8. The summed E-state index contributed by atoms with van der Waals surface area (Å²) < 4.78 is 10.9. The zero-order chi connectivity index (χ0) is 20.0. The zero-order valence-electron chi connectivity index (χ0n) is 14.5. The lowest BCUT2D eigenvalue weighted by Gasteiger charge is -2.13. The molecule has 8 nitrogen and oxygen atoms in total. The number of thioether (sulfide) groups is 1. The van der Waals surface area contributed by atoms with E-state index in [-0.39, 0.29) is 25.5 Å². The van der Waals surface area contributed by atoms with Crippen molar-refractivity contribution in [3.05, 3.63) is 28.7 Å². The molecule has 1 aromatic rings. The molecular formula is C17H18N2O6S2. The second-order valence-electron chi connectivity index (χ2n) is 5.50. The molecular weight excluding hydrogens is 392 g/mol. The molecule has 3 N–H and O–H groups in total. The first kappa shape index (κ1) is 20.7. The highest BCUT2D eigenvalue weighted by atomic mass is 32.2. The Morgan fingerprint density at radius 1 is 1.37 bits per heavy atom. The van der Waals surface area contributed by atoms with E-state index in [0.717, 1.165) is 11.8 Å². The third-order valence-electron chi connectivity index (χ3n) is 3.50. The van der Waals surface area contributed by atoms with Crippen LogP contribution in [0.4, 0.5) is 0 Å².